The van der Waals surface area contributed by atoms with Crippen LogP contribution in [0.25, 0.3) is 0 Å². The number of thiazole rings is 1. The summed E-state index contributed by atoms with van der Waals surface area (Å²) in [6, 6.07) is 6.31. The molecule has 0 atom stereocenters. The second kappa shape index (κ2) is 8.41. The highest BCUT2D eigenvalue weighted by molar-refractivity contribution is 7.93. The zero-order chi connectivity index (χ0) is 21.2. The fourth-order valence-electron chi connectivity index (χ4n) is 2.98. The minimum absolute atomic E-state index is 0.0548. The fourth-order valence-corrected chi connectivity index (χ4v) is 6.53. The number of likely N-dealkylation sites (tertiary alicyclic amines) is 1. The lowest BCUT2D eigenvalue weighted by atomic mass is 10.2. The predicted molar refractivity (Wildman–Crippen MR) is 111 cm³/mol. The smallest absolute Gasteiger partial charge is 0.226 e. The van der Waals surface area contributed by atoms with Crippen molar-refractivity contribution in [2.24, 2.45) is 0 Å². The van der Waals surface area contributed by atoms with Gasteiger partial charge in [0, 0.05) is 32.3 Å². The van der Waals surface area contributed by atoms with Crippen LogP contribution in [0.3, 0.4) is 0 Å². The van der Waals surface area contributed by atoms with Crippen molar-refractivity contribution in [3.8, 4) is 0 Å². The van der Waals surface area contributed by atoms with Gasteiger partial charge in [-0.2, -0.15) is 0 Å². The van der Waals surface area contributed by atoms with E-state index in [0.717, 1.165) is 36.1 Å². The maximum atomic E-state index is 13.0. The summed E-state index contributed by atoms with van der Waals surface area (Å²) in [5, 5.41) is 2.91. The number of amides is 1. The van der Waals surface area contributed by atoms with Crippen LogP contribution in [-0.2, 0) is 24.5 Å². The van der Waals surface area contributed by atoms with E-state index in [1.54, 1.807) is 17.0 Å². The number of carbonyl (C=O) groups is 1. The van der Waals surface area contributed by atoms with Gasteiger partial charge in [0.1, 0.15) is 5.00 Å². The Kier molecular flexibility index (Phi) is 6.30. The maximum Gasteiger partial charge on any atom is 0.226 e. The molecule has 1 saturated heterocycles. The largest absolute Gasteiger partial charge is 0.374 e. The molecule has 8 nitrogen and oxygen atoms in total. The van der Waals surface area contributed by atoms with Crippen molar-refractivity contribution in [1.29, 1.82) is 0 Å². The Balaban J connectivity index is 1.83. The number of carbonyl (C=O) groups excluding carboxylic acids is 1. The Morgan fingerprint density at radius 1 is 1.17 bits per heavy atom. The van der Waals surface area contributed by atoms with Crippen molar-refractivity contribution < 1.29 is 21.6 Å². The van der Waals surface area contributed by atoms with E-state index in [1.165, 1.54) is 12.1 Å². The standard InChI is InChI=1S/C18H23N3O5S3/c1-13-6-8-14(9-7-13)29(25,26)17-16(27-18(20-17)28(2,23)24)19-10-4-12-21-11-3-5-15(21)22/h6-9,19H,3-5,10-12H2,1-2H3. The molecule has 1 aromatic carbocycles. The number of nitrogens with zero attached hydrogens (tertiary/aromatic N) is 2. The van der Waals surface area contributed by atoms with Crippen molar-refractivity contribution in [2.75, 3.05) is 31.2 Å². The Hall–Kier alpha value is -1.98. The highest BCUT2D eigenvalue weighted by atomic mass is 32.2. The molecule has 1 aliphatic heterocycles. The molecule has 0 saturated carbocycles. The first kappa shape index (κ1) is 21.7. The first-order valence-electron chi connectivity index (χ1n) is 9.13. The summed E-state index contributed by atoms with van der Waals surface area (Å²) >= 11 is 0.804. The molecule has 2 heterocycles. The van der Waals surface area contributed by atoms with Gasteiger partial charge in [0.25, 0.3) is 0 Å². The number of nitrogens with one attached hydrogen (secondary N) is 1. The van der Waals surface area contributed by atoms with Crippen LogP contribution < -0.4 is 5.32 Å². The van der Waals surface area contributed by atoms with Crippen LogP contribution in [0, 0.1) is 6.92 Å². The molecule has 1 aliphatic rings. The van der Waals surface area contributed by atoms with Crippen LogP contribution in [0.4, 0.5) is 5.00 Å². The fraction of sp³-hybridized carbons (Fsp3) is 0.444. The van der Waals surface area contributed by atoms with E-state index in [-0.39, 0.29) is 25.2 Å². The SMILES string of the molecule is Cc1ccc(S(=O)(=O)c2nc(S(C)(=O)=O)sc2NCCCN2CCCC2=O)cc1. The average molecular weight is 458 g/mol. The van der Waals surface area contributed by atoms with Crippen molar-refractivity contribution in [2.45, 2.75) is 40.4 Å². The summed E-state index contributed by atoms with van der Waals surface area (Å²) in [4.78, 5) is 17.4. The van der Waals surface area contributed by atoms with Crippen molar-refractivity contribution in [3.63, 3.8) is 0 Å². The third-order valence-corrected chi connectivity index (χ3v) is 9.06. The molecular weight excluding hydrogens is 434 g/mol. The topological polar surface area (TPSA) is 114 Å². The number of benzene rings is 1. The first-order valence-corrected chi connectivity index (χ1v) is 13.3. The third kappa shape index (κ3) is 4.96. The molecule has 158 valence electrons. The lowest BCUT2D eigenvalue weighted by Crippen LogP contribution is -2.27. The van der Waals surface area contributed by atoms with Crippen molar-refractivity contribution in [3.05, 3.63) is 29.8 Å². The van der Waals surface area contributed by atoms with E-state index in [1.807, 2.05) is 6.92 Å². The van der Waals surface area contributed by atoms with Gasteiger partial charge in [0.15, 0.2) is 5.03 Å². The van der Waals surface area contributed by atoms with Gasteiger partial charge < -0.3 is 10.2 Å². The van der Waals surface area contributed by atoms with Crippen molar-refractivity contribution >= 4 is 41.9 Å². The summed E-state index contributed by atoms with van der Waals surface area (Å²) < 4.78 is 49.7. The monoisotopic (exact) mass is 457 g/mol. The number of anilines is 1. The number of aryl methyl sites for hydroxylation is 1. The normalized spacial score (nSPS) is 15.1. The van der Waals surface area contributed by atoms with Gasteiger partial charge in [0.2, 0.25) is 29.9 Å². The van der Waals surface area contributed by atoms with E-state index in [4.69, 9.17) is 0 Å². The molecule has 0 spiro atoms. The Morgan fingerprint density at radius 3 is 2.45 bits per heavy atom. The number of rotatable bonds is 8. The molecule has 0 unspecified atom stereocenters. The predicted octanol–water partition coefficient (Wildman–Crippen LogP) is 2.11. The van der Waals surface area contributed by atoms with E-state index >= 15 is 0 Å². The summed E-state index contributed by atoms with van der Waals surface area (Å²) in [6.07, 6.45) is 3.04. The second-order valence-electron chi connectivity index (χ2n) is 6.97. The van der Waals surface area contributed by atoms with Gasteiger partial charge >= 0.3 is 0 Å². The molecule has 3 rings (SSSR count). The number of hydrogen-bond acceptors (Lipinski definition) is 8. The van der Waals surface area contributed by atoms with Gasteiger partial charge in [0.05, 0.1) is 4.90 Å². The number of hydrogen-bond donors (Lipinski definition) is 1. The van der Waals surface area contributed by atoms with Gasteiger partial charge in [-0.05, 0) is 31.9 Å². The lowest BCUT2D eigenvalue weighted by molar-refractivity contribution is -0.127. The minimum atomic E-state index is -3.98. The van der Waals surface area contributed by atoms with E-state index in [0.29, 0.717) is 25.9 Å². The van der Waals surface area contributed by atoms with E-state index in [9.17, 15) is 21.6 Å². The van der Waals surface area contributed by atoms with Crippen LogP contribution >= 0.6 is 11.3 Å². The van der Waals surface area contributed by atoms with Crippen LogP contribution in [0.2, 0.25) is 0 Å². The second-order valence-corrected chi connectivity index (χ2v) is 12.0. The molecule has 0 radical (unpaired) electrons. The zero-order valence-corrected chi connectivity index (χ0v) is 18.7. The Morgan fingerprint density at radius 2 is 1.86 bits per heavy atom. The van der Waals surface area contributed by atoms with E-state index in [2.05, 4.69) is 10.3 Å². The maximum absolute atomic E-state index is 13.0. The summed E-state index contributed by atoms with van der Waals surface area (Å²) in [5.74, 6) is 0.129. The molecular formula is C18H23N3O5S3. The molecule has 1 N–H and O–H groups in total. The van der Waals surface area contributed by atoms with Gasteiger partial charge in [-0.3, -0.25) is 4.79 Å². The molecule has 1 aromatic heterocycles. The van der Waals surface area contributed by atoms with Crippen LogP contribution in [0.1, 0.15) is 24.8 Å². The minimum Gasteiger partial charge on any atom is -0.374 e. The van der Waals surface area contributed by atoms with Gasteiger partial charge in [-0.1, -0.05) is 29.0 Å². The highest BCUT2D eigenvalue weighted by Crippen LogP contribution is 2.34. The molecule has 11 heteroatoms. The van der Waals surface area contributed by atoms with Crippen molar-refractivity contribution in [1.82, 2.24) is 9.88 Å². The van der Waals surface area contributed by atoms with Gasteiger partial charge in [-0.15, -0.1) is 0 Å². The number of aromatic nitrogens is 1. The summed E-state index contributed by atoms with van der Waals surface area (Å²) in [5.41, 5.74) is 0.911. The van der Waals surface area contributed by atoms with Gasteiger partial charge in [-0.25, -0.2) is 21.8 Å². The molecule has 1 amide bonds. The molecule has 0 aliphatic carbocycles. The lowest BCUT2D eigenvalue weighted by Gasteiger charge is -2.15. The summed E-state index contributed by atoms with van der Waals surface area (Å²) in [7, 11) is -7.63. The highest BCUT2D eigenvalue weighted by Gasteiger charge is 2.29. The van der Waals surface area contributed by atoms with Crippen LogP contribution in [0.15, 0.2) is 38.5 Å². The van der Waals surface area contributed by atoms with Crippen LogP contribution in [-0.4, -0.2) is 58.5 Å². The summed E-state index contributed by atoms with van der Waals surface area (Å²) in [6.45, 7) is 3.55. The Labute approximate surface area is 174 Å². The molecule has 2 aromatic rings. The van der Waals surface area contributed by atoms with Crippen LogP contribution in [0.5, 0.6) is 0 Å². The quantitative estimate of drug-likeness (QED) is 0.604. The molecule has 29 heavy (non-hydrogen) atoms. The third-order valence-electron chi connectivity index (χ3n) is 4.54. The molecule has 1 fully saturated rings. The molecule has 0 bridgehead atoms. The average Bonchev–Trinajstić information content (AvgIpc) is 3.26. The van der Waals surface area contributed by atoms with E-state index < -0.39 is 19.7 Å². The first-order chi connectivity index (χ1) is 13.6. The Bertz CT molecular complexity index is 1110. The number of sulfone groups is 2. The zero-order valence-electron chi connectivity index (χ0n) is 16.2.